The summed E-state index contributed by atoms with van der Waals surface area (Å²) in [7, 11) is 0. The van der Waals surface area contributed by atoms with Gasteiger partial charge in [0.15, 0.2) is 0 Å². The molecule has 7 heteroatoms. The predicted octanol–water partition coefficient (Wildman–Crippen LogP) is 7.19. The lowest BCUT2D eigenvalue weighted by Gasteiger charge is -2.28. The number of carbonyl (C=O) groups is 2. The summed E-state index contributed by atoms with van der Waals surface area (Å²) in [5.74, 6) is -1.88. The van der Waals surface area contributed by atoms with Crippen LogP contribution in [0.1, 0.15) is 71.1 Å². The summed E-state index contributed by atoms with van der Waals surface area (Å²) in [6.45, 7) is 5.43. The number of benzene rings is 3. The molecule has 0 aliphatic heterocycles. The molecule has 3 aromatic carbocycles. The van der Waals surface area contributed by atoms with Gasteiger partial charge in [-0.3, -0.25) is 9.59 Å². The lowest BCUT2D eigenvalue weighted by Crippen LogP contribution is -2.38. The molecule has 0 aliphatic carbocycles. The Kier molecular flexibility index (Phi) is 7.98. The average Bonchev–Trinajstić information content (AvgIpc) is 3.28. The topological polar surface area (TPSA) is 82.2 Å². The van der Waals surface area contributed by atoms with E-state index in [4.69, 9.17) is 16.7 Å². The number of carbonyl (C=O) groups excluding carboxylic acids is 1. The Hall–Kier alpha value is -3.64. The van der Waals surface area contributed by atoms with E-state index in [1.165, 1.54) is 13.0 Å². The van der Waals surface area contributed by atoms with Crippen LogP contribution in [-0.2, 0) is 4.79 Å². The van der Waals surface area contributed by atoms with Crippen molar-refractivity contribution in [2.75, 3.05) is 0 Å². The number of carboxylic acid groups (broad SMARTS) is 1. The van der Waals surface area contributed by atoms with Crippen LogP contribution in [0.15, 0.2) is 66.9 Å². The Morgan fingerprint density at radius 1 is 1.05 bits per heavy atom. The zero-order valence-electron chi connectivity index (χ0n) is 21.0. The number of hydrogen-bond donors (Lipinski definition) is 3. The third kappa shape index (κ3) is 5.70. The lowest BCUT2D eigenvalue weighted by molar-refractivity contribution is -0.138. The number of carboxylic acids is 1. The van der Waals surface area contributed by atoms with Gasteiger partial charge in [0.05, 0.1) is 5.52 Å². The molecule has 4 rings (SSSR count). The third-order valence-corrected chi connectivity index (χ3v) is 7.05. The second kappa shape index (κ2) is 11.2. The fraction of sp³-hybridized carbons (Fsp3) is 0.267. The smallest absolute Gasteiger partial charge is 0.325 e. The molecule has 0 radical (unpaired) electrons. The van der Waals surface area contributed by atoms with Crippen LogP contribution in [0, 0.1) is 12.7 Å². The zero-order chi connectivity index (χ0) is 26.7. The maximum Gasteiger partial charge on any atom is 0.325 e. The van der Waals surface area contributed by atoms with Crippen LogP contribution in [0.3, 0.4) is 0 Å². The molecule has 4 aromatic rings. The first kappa shape index (κ1) is 26.4. The number of fused-ring (bicyclic) bond motifs is 1. The first-order chi connectivity index (χ1) is 17.7. The van der Waals surface area contributed by atoms with Gasteiger partial charge >= 0.3 is 5.97 Å². The second-order valence-electron chi connectivity index (χ2n) is 9.49. The first-order valence-corrected chi connectivity index (χ1v) is 12.7. The Labute approximate surface area is 220 Å². The fourth-order valence-electron chi connectivity index (χ4n) is 4.96. The summed E-state index contributed by atoms with van der Waals surface area (Å²) in [6.07, 6.45) is 3.67. The Balaban J connectivity index is 1.79. The van der Waals surface area contributed by atoms with Crippen molar-refractivity contribution in [3.63, 3.8) is 0 Å². The number of aromatic amines is 1. The molecule has 0 aliphatic rings. The lowest BCUT2D eigenvalue weighted by atomic mass is 9.75. The molecule has 1 aromatic heterocycles. The predicted molar refractivity (Wildman–Crippen MR) is 145 cm³/mol. The molecule has 0 spiro atoms. The molecule has 192 valence electrons. The Morgan fingerprint density at radius 2 is 1.70 bits per heavy atom. The minimum Gasteiger partial charge on any atom is -0.480 e. The summed E-state index contributed by atoms with van der Waals surface area (Å²) in [5, 5.41) is 13.1. The molecular weight excluding hydrogens is 491 g/mol. The van der Waals surface area contributed by atoms with Gasteiger partial charge in [-0.25, -0.2) is 4.39 Å². The molecule has 0 bridgehead atoms. The van der Waals surface area contributed by atoms with Gasteiger partial charge in [0.1, 0.15) is 11.9 Å². The summed E-state index contributed by atoms with van der Waals surface area (Å²) in [4.78, 5) is 26.8. The number of aryl methyl sites for hydroxylation is 1. The van der Waals surface area contributed by atoms with E-state index in [0.717, 1.165) is 40.5 Å². The van der Waals surface area contributed by atoms with Gasteiger partial charge in [0.25, 0.3) is 5.91 Å². The minimum absolute atomic E-state index is 0.0313. The van der Waals surface area contributed by atoms with E-state index in [1.54, 1.807) is 12.1 Å². The van der Waals surface area contributed by atoms with Gasteiger partial charge in [-0.05, 0) is 84.8 Å². The molecule has 1 heterocycles. The van der Waals surface area contributed by atoms with E-state index >= 15 is 0 Å². The molecule has 0 unspecified atom stereocenters. The Bertz CT molecular complexity index is 1410. The van der Waals surface area contributed by atoms with Crippen molar-refractivity contribution in [2.24, 2.45) is 0 Å². The van der Waals surface area contributed by atoms with Crippen molar-refractivity contribution in [1.82, 2.24) is 10.3 Å². The summed E-state index contributed by atoms with van der Waals surface area (Å²) < 4.78 is 14.8. The maximum absolute atomic E-state index is 14.8. The number of hydrogen-bond acceptors (Lipinski definition) is 2. The highest BCUT2D eigenvalue weighted by atomic mass is 35.5. The molecule has 3 N–H and O–H groups in total. The van der Waals surface area contributed by atoms with Gasteiger partial charge in [-0.1, -0.05) is 49.2 Å². The molecule has 37 heavy (non-hydrogen) atoms. The molecule has 0 fully saturated rings. The normalized spacial score (nSPS) is 13.8. The van der Waals surface area contributed by atoms with Gasteiger partial charge in [-0.2, -0.15) is 0 Å². The summed E-state index contributed by atoms with van der Waals surface area (Å²) in [6, 6.07) is 17.6. The molecular formula is C30H30ClFN2O3. The van der Waals surface area contributed by atoms with E-state index < -0.39 is 17.9 Å². The van der Waals surface area contributed by atoms with Crippen molar-refractivity contribution in [2.45, 2.75) is 51.5 Å². The number of amides is 1. The molecule has 1 amide bonds. The number of aliphatic carboxylic acids is 1. The highest BCUT2D eigenvalue weighted by molar-refractivity contribution is 6.30. The van der Waals surface area contributed by atoms with Crippen LogP contribution in [0.2, 0.25) is 5.02 Å². The van der Waals surface area contributed by atoms with Crippen molar-refractivity contribution in [3.8, 4) is 0 Å². The quantitative estimate of drug-likeness (QED) is 0.218. The standard InChI is InChI=1S/C30H30ClFN2O3/c1-4-5-23(19-6-8-21(9-7-19)29(35)34-18(3)30(36)37)27(20-10-12-22(31)13-11-20)25-16-33-28-24(25)14-17(2)15-26(28)32/h6-16,18,23,27,33H,4-5H2,1-3H3,(H,34,35)(H,36,37)/t18-,23+,27-/m0/s1. The van der Waals surface area contributed by atoms with Gasteiger partial charge in [-0.15, -0.1) is 0 Å². The largest absolute Gasteiger partial charge is 0.480 e. The van der Waals surface area contributed by atoms with Crippen LogP contribution in [0.5, 0.6) is 0 Å². The Morgan fingerprint density at radius 3 is 2.32 bits per heavy atom. The number of rotatable bonds is 9. The van der Waals surface area contributed by atoms with E-state index in [0.29, 0.717) is 16.1 Å². The maximum atomic E-state index is 14.8. The van der Waals surface area contributed by atoms with Crippen LogP contribution < -0.4 is 5.32 Å². The molecule has 0 saturated carbocycles. The van der Waals surface area contributed by atoms with Crippen molar-refractivity contribution >= 4 is 34.4 Å². The van der Waals surface area contributed by atoms with Gasteiger partial charge < -0.3 is 15.4 Å². The van der Waals surface area contributed by atoms with Gasteiger partial charge in [0.2, 0.25) is 0 Å². The fourth-order valence-corrected chi connectivity index (χ4v) is 5.09. The second-order valence-corrected chi connectivity index (χ2v) is 9.93. The highest BCUT2D eigenvalue weighted by Crippen LogP contribution is 2.44. The summed E-state index contributed by atoms with van der Waals surface area (Å²) in [5.41, 5.74) is 4.80. The van der Waals surface area contributed by atoms with Crippen LogP contribution in [-0.4, -0.2) is 28.0 Å². The van der Waals surface area contributed by atoms with Crippen LogP contribution in [0.4, 0.5) is 4.39 Å². The third-order valence-electron chi connectivity index (χ3n) is 6.80. The monoisotopic (exact) mass is 520 g/mol. The minimum atomic E-state index is -1.09. The highest BCUT2D eigenvalue weighted by Gasteiger charge is 2.29. The van der Waals surface area contributed by atoms with Crippen molar-refractivity contribution < 1.29 is 19.1 Å². The molecule has 0 saturated heterocycles. The number of nitrogens with one attached hydrogen (secondary N) is 2. The van der Waals surface area contributed by atoms with Crippen LogP contribution in [0.25, 0.3) is 10.9 Å². The molecule has 5 nitrogen and oxygen atoms in total. The average molecular weight is 521 g/mol. The van der Waals surface area contributed by atoms with E-state index in [-0.39, 0.29) is 17.7 Å². The van der Waals surface area contributed by atoms with Crippen LogP contribution >= 0.6 is 11.6 Å². The van der Waals surface area contributed by atoms with Crippen molar-refractivity contribution in [3.05, 3.63) is 106 Å². The number of H-pyrrole nitrogens is 1. The zero-order valence-corrected chi connectivity index (χ0v) is 21.8. The number of aromatic nitrogens is 1. The van der Waals surface area contributed by atoms with Crippen molar-refractivity contribution in [1.29, 1.82) is 0 Å². The number of halogens is 2. The van der Waals surface area contributed by atoms with E-state index in [2.05, 4.69) is 17.2 Å². The van der Waals surface area contributed by atoms with Gasteiger partial charge in [0, 0.05) is 28.1 Å². The SMILES string of the molecule is CCC[C@H](c1ccc(C(=O)N[C@@H](C)C(=O)O)cc1)[C@H](c1ccc(Cl)cc1)c1c[nH]c2c(F)cc(C)cc12. The first-order valence-electron chi connectivity index (χ1n) is 12.4. The summed E-state index contributed by atoms with van der Waals surface area (Å²) >= 11 is 6.21. The van der Waals surface area contributed by atoms with E-state index in [1.807, 2.05) is 55.6 Å². The molecule has 3 atom stereocenters. The van der Waals surface area contributed by atoms with E-state index in [9.17, 15) is 14.0 Å².